The first-order valence-corrected chi connectivity index (χ1v) is 3.02. The molecule has 0 saturated carbocycles. The highest BCUT2D eigenvalue weighted by Gasteiger charge is 2.05. The van der Waals surface area contributed by atoms with E-state index in [-0.39, 0.29) is 11.5 Å². The number of nitrogens with zero attached hydrogens (tertiary/aromatic N) is 5. The van der Waals surface area contributed by atoms with Crippen molar-refractivity contribution in [2.75, 3.05) is 0 Å². The van der Waals surface area contributed by atoms with Gasteiger partial charge in [0.2, 0.25) is 5.69 Å². The summed E-state index contributed by atoms with van der Waals surface area (Å²) in [4.78, 5) is 14.9. The van der Waals surface area contributed by atoms with Crippen LogP contribution in [0, 0.1) is 11.3 Å². The summed E-state index contributed by atoms with van der Waals surface area (Å²) in [7, 11) is 0. The van der Waals surface area contributed by atoms with E-state index in [9.17, 15) is 4.79 Å². The first-order valence-electron chi connectivity index (χ1n) is 3.02. The lowest BCUT2D eigenvalue weighted by molar-refractivity contribution is 0.839. The van der Waals surface area contributed by atoms with Crippen LogP contribution < -0.4 is 5.56 Å². The summed E-state index contributed by atoms with van der Waals surface area (Å²) in [5, 5.41) is 17.8. The molecule has 0 radical (unpaired) electrons. The molecular formula is C5H2N6O. The van der Waals surface area contributed by atoms with Crippen LogP contribution in [0.1, 0.15) is 5.69 Å². The van der Waals surface area contributed by atoms with Crippen LogP contribution in [0.3, 0.4) is 0 Å². The Morgan fingerprint density at radius 2 is 2.42 bits per heavy atom. The second-order valence-corrected chi connectivity index (χ2v) is 1.99. The summed E-state index contributed by atoms with van der Waals surface area (Å²) >= 11 is 0. The third-order valence-corrected chi connectivity index (χ3v) is 1.32. The molecule has 0 unspecified atom stereocenters. The molecule has 2 aromatic heterocycles. The minimum absolute atomic E-state index is 0.152. The molecule has 2 heterocycles. The second kappa shape index (κ2) is 2.13. The predicted molar refractivity (Wildman–Crippen MR) is 36.1 cm³/mol. The number of aromatic amines is 1. The number of hydrogen-bond donors (Lipinski definition) is 1. The molecule has 7 heteroatoms. The lowest BCUT2D eigenvalue weighted by Gasteiger charge is -1.87. The van der Waals surface area contributed by atoms with Crippen LogP contribution >= 0.6 is 0 Å². The molecule has 0 aliphatic carbocycles. The van der Waals surface area contributed by atoms with Crippen LogP contribution in [0.4, 0.5) is 0 Å². The Labute approximate surface area is 65.3 Å². The van der Waals surface area contributed by atoms with Gasteiger partial charge in [-0.3, -0.25) is 9.89 Å². The van der Waals surface area contributed by atoms with E-state index in [4.69, 9.17) is 5.26 Å². The maximum absolute atomic E-state index is 11.2. The highest BCUT2D eigenvalue weighted by Crippen LogP contribution is 1.85. The van der Waals surface area contributed by atoms with Crippen LogP contribution in [-0.2, 0) is 0 Å². The lowest BCUT2D eigenvalue weighted by Crippen LogP contribution is -2.20. The molecule has 0 aliphatic heterocycles. The molecule has 2 aromatic rings. The Morgan fingerprint density at radius 3 is 3.17 bits per heavy atom. The van der Waals surface area contributed by atoms with Gasteiger partial charge < -0.3 is 0 Å². The fourth-order valence-electron chi connectivity index (χ4n) is 0.793. The lowest BCUT2D eigenvalue weighted by atomic mass is 10.5. The quantitative estimate of drug-likeness (QED) is 0.518. The van der Waals surface area contributed by atoms with E-state index in [0.717, 1.165) is 4.52 Å². The number of nitriles is 1. The second-order valence-electron chi connectivity index (χ2n) is 1.99. The Morgan fingerprint density at radius 1 is 1.58 bits per heavy atom. The zero-order valence-corrected chi connectivity index (χ0v) is 5.72. The number of aromatic nitrogens is 5. The van der Waals surface area contributed by atoms with Gasteiger partial charge in [0.25, 0.3) is 5.78 Å². The summed E-state index contributed by atoms with van der Waals surface area (Å²) in [6.45, 7) is 0. The average Bonchev–Trinajstić information content (AvgIpc) is 2.53. The fraction of sp³-hybridized carbons (Fsp3) is 0. The fourth-order valence-corrected chi connectivity index (χ4v) is 0.793. The molecule has 0 spiro atoms. The molecule has 0 fully saturated rings. The van der Waals surface area contributed by atoms with Gasteiger partial charge in [0.1, 0.15) is 12.4 Å². The van der Waals surface area contributed by atoms with E-state index in [2.05, 4.69) is 20.3 Å². The van der Waals surface area contributed by atoms with Crippen molar-refractivity contribution >= 4 is 5.78 Å². The van der Waals surface area contributed by atoms with E-state index in [1.54, 1.807) is 6.07 Å². The number of H-pyrrole nitrogens is 1. The van der Waals surface area contributed by atoms with Crippen LogP contribution in [0.5, 0.6) is 0 Å². The number of nitrogens with one attached hydrogen (secondary N) is 1. The van der Waals surface area contributed by atoms with Gasteiger partial charge in [-0.1, -0.05) is 0 Å². The number of rotatable bonds is 0. The molecule has 0 atom stereocenters. The third-order valence-electron chi connectivity index (χ3n) is 1.32. The van der Waals surface area contributed by atoms with Crippen molar-refractivity contribution in [2.24, 2.45) is 0 Å². The monoisotopic (exact) mass is 162 g/mol. The highest BCUT2D eigenvalue weighted by atomic mass is 16.1. The van der Waals surface area contributed by atoms with Crippen molar-refractivity contribution in [3.63, 3.8) is 0 Å². The maximum atomic E-state index is 11.2. The highest BCUT2D eigenvalue weighted by molar-refractivity contribution is 5.25. The van der Waals surface area contributed by atoms with Crippen molar-refractivity contribution in [3.05, 3.63) is 22.4 Å². The smallest absolute Gasteiger partial charge is 0.277 e. The SMILES string of the molecule is N#Cc1nnc2nc[nH]n2c1=O. The average molecular weight is 162 g/mol. The molecule has 12 heavy (non-hydrogen) atoms. The normalized spacial score (nSPS) is 9.92. The van der Waals surface area contributed by atoms with Crippen LogP contribution in [-0.4, -0.2) is 24.8 Å². The summed E-state index contributed by atoms with van der Waals surface area (Å²) in [5.41, 5.74) is -0.795. The van der Waals surface area contributed by atoms with Crippen molar-refractivity contribution in [3.8, 4) is 6.07 Å². The van der Waals surface area contributed by atoms with Gasteiger partial charge in [-0.2, -0.15) is 14.8 Å². The minimum atomic E-state index is -0.542. The standard InChI is InChI=1S/C5H2N6O/c6-1-3-4(12)11-5(10-9-3)7-2-8-11/h2H,(H,7,8,10). The maximum Gasteiger partial charge on any atom is 0.311 e. The Hall–Kier alpha value is -2.23. The summed E-state index contributed by atoms with van der Waals surface area (Å²) in [5.74, 6) is 0.152. The van der Waals surface area contributed by atoms with Gasteiger partial charge >= 0.3 is 5.56 Å². The number of fused-ring (bicyclic) bond motifs is 1. The van der Waals surface area contributed by atoms with E-state index in [1.165, 1.54) is 6.33 Å². The molecule has 58 valence electrons. The van der Waals surface area contributed by atoms with Crippen LogP contribution in [0.25, 0.3) is 5.78 Å². The van der Waals surface area contributed by atoms with Gasteiger partial charge in [-0.15, -0.1) is 10.2 Å². The largest absolute Gasteiger partial charge is 0.311 e. The molecule has 0 saturated heterocycles. The zero-order chi connectivity index (χ0) is 8.55. The molecule has 2 rings (SSSR count). The van der Waals surface area contributed by atoms with Crippen molar-refractivity contribution < 1.29 is 0 Å². The van der Waals surface area contributed by atoms with E-state index >= 15 is 0 Å². The van der Waals surface area contributed by atoms with E-state index < -0.39 is 5.56 Å². The van der Waals surface area contributed by atoms with Crippen LogP contribution in [0.2, 0.25) is 0 Å². The van der Waals surface area contributed by atoms with E-state index in [0.29, 0.717) is 0 Å². The minimum Gasteiger partial charge on any atom is -0.277 e. The Bertz CT molecular complexity index is 516. The third kappa shape index (κ3) is 0.687. The summed E-state index contributed by atoms with van der Waals surface area (Å²) in [6, 6.07) is 1.62. The Kier molecular flexibility index (Phi) is 1.15. The molecule has 0 amide bonds. The van der Waals surface area contributed by atoms with Gasteiger partial charge in [0.15, 0.2) is 0 Å². The molecule has 1 N–H and O–H groups in total. The summed E-state index contributed by atoms with van der Waals surface area (Å²) in [6.07, 6.45) is 1.30. The van der Waals surface area contributed by atoms with Crippen molar-refractivity contribution in [1.29, 1.82) is 5.26 Å². The van der Waals surface area contributed by atoms with Crippen LogP contribution in [0.15, 0.2) is 11.1 Å². The number of hydrogen-bond acceptors (Lipinski definition) is 5. The van der Waals surface area contributed by atoms with E-state index in [1.807, 2.05) is 0 Å². The topological polar surface area (TPSA) is 99.7 Å². The zero-order valence-electron chi connectivity index (χ0n) is 5.72. The summed E-state index contributed by atoms with van der Waals surface area (Å²) < 4.78 is 1.05. The van der Waals surface area contributed by atoms with Gasteiger partial charge in [0.05, 0.1) is 0 Å². The molecule has 0 aromatic carbocycles. The van der Waals surface area contributed by atoms with Crippen molar-refractivity contribution in [2.45, 2.75) is 0 Å². The molecule has 0 bridgehead atoms. The molecule has 7 nitrogen and oxygen atoms in total. The Balaban J connectivity index is 3.00. The van der Waals surface area contributed by atoms with Gasteiger partial charge in [0, 0.05) is 0 Å². The van der Waals surface area contributed by atoms with Gasteiger partial charge in [-0.25, -0.2) is 0 Å². The molecule has 0 aliphatic rings. The first kappa shape index (κ1) is 6.48. The molecular weight excluding hydrogens is 160 g/mol. The first-order chi connectivity index (χ1) is 5.83. The van der Waals surface area contributed by atoms with Crippen molar-refractivity contribution in [1.82, 2.24) is 24.8 Å². The van der Waals surface area contributed by atoms with Gasteiger partial charge in [-0.05, 0) is 0 Å². The predicted octanol–water partition coefficient (Wildman–Crippen LogP) is -1.32.